The van der Waals surface area contributed by atoms with Gasteiger partial charge in [-0.2, -0.15) is 0 Å². The summed E-state index contributed by atoms with van der Waals surface area (Å²) in [5.74, 6) is 0.00695. The number of anilines is 1. The number of rotatable bonds is 8. The summed E-state index contributed by atoms with van der Waals surface area (Å²) in [4.78, 5) is 37.2. The van der Waals surface area contributed by atoms with Crippen LogP contribution in [-0.2, 0) is 9.53 Å². The van der Waals surface area contributed by atoms with Gasteiger partial charge in [-0.05, 0) is 56.0 Å². The fraction of sp³-hybridized carbons (Fsp3) is 0.379. The Balaban J connectivity index is 1.69. The first-order valence-electron chi connectivity index (χ1n) is 12.4. The summed E-state index contributed by atoms with van der Waals surface area (Å²) in [6, 6.07) is 14.1. The Labute approximate surface area is 207 Å². The highest BCUT2D eigenvalue weighted by Crippen LogP contribution is 2.31. The predicted octanol–water partition coefficient (Wildman–Crippen LogP) is 5.61. The second kappa shape index (κ2) is 11.4. The number of aryl methyl sites for hydroxylation is 1. The van der Waals surface area contributed by atoms with E-state index < -0.39 is 0 Å². The van der Waals surface area contributed by atoms with Crippen molar-refractivity contribution in [3.05, 3.63) is 77.9 Å². The Morgan fingerprint density at radius 2 is 1.80 bits per heavy atom. The van der Waals surface area contributed by atoms with Crippen molar-refractivity contribution in [3.63, 3.8) is 0 Å². The van der Waals surface area contributed by atoms with Gasteiger partial charge >= 0.3 is 0 Å². The quantitative estimate of drug-likeness (QED) is 0.400. The van der Waals surface area contributed by atoms with Gasteiger partial charge in [-0.1, -0.05) is 36.8 Å². The van der Waals surface area contributed by atoms with E-state index >= 15 is 0 Å². The molecule has 6 nitrogen and oxygen atoms in total. The van der Waals surface area contributed by atoms with E-state index in [-0.39, 0.29) is 23.5 Å². The monoisotopic (exact) mass is 471 g/mol. The Bertz CT molecular complexity index is 1160. The number of amides is 1. The van der Waals surface area contributed by atoms with Crippen LogP contribution in [0.25, 0.3) is 11.1 Å². The topological polar surface area (TPSA) is 72.4 Å². The summed E-state index contributed by atoms with van der Waals surface area (Å²) in [5.41, 5.74) is 5.27. The number of hydrogen-bond donors (Lipinski definition) is 0. The first-order valence-corrected chi connectivity index (χ1v) is 12.4. The number of benzene rings is 2. The summed E-state index contributed by atoms with van der Waals surface area (Å²) in [5, 5.41) is 0. The van der Waals surface area contributed by atoms with Gasteiger partial charge in [0.25, 0.3) is 0 Å². The third kappa shape index (κ3) is 6.01. The Morgan fingerprint density at radius 3 is 2.46 bits per heavy atom. The zero-order valence-electron chi connectivity index (χ0n) is 20.7. The summed E-state index contributed by atoms with van der Waals surface area (Å²) in [6.07, 6.45) is 6.76. The van der Waals surface area contributed by atoms with Gasteiger partial charge in [-0.3, -0.25) is 19.6 Å². The molecule has 1 aromatic heterocycles. The van der Waals surface area contributed by atoms with Crippen LogP contribution in [0.5, 0.6) is 0 Å². The van der Waals surface area contributed by atoms with Gasteiger partial charge in [-0.15, -0.1) is 0 Å². The Morgan fingerprint density at radius 1 is 1.06 bits per heavy atom. The van der Waals surface area contributed by atoms with E-state index in [2.05, 4.69) is 34.2 Å². The van der Waals surface area contributed by atoms with Gasteiger partial charge < -0.3 is 9.64 Å². The number of carbonyl (C=O) groups is 2. The Kier molecular flexibility index (Phi) is 8.03. The van der Waals surface area contributed by atoms with Crippen LogP contribution < -0.4 is 4.90 Å². The summed E-state index contributed by atoms with van der Waals surface area (Å²) < 4.78 is 5.45. The molecule has 1 amide bonds. The van der Waals surface area contributed by atoms with Crippen molar-refractivity contribution in [1.29, 1.82) is 0 Å². The largest absolute Gasteiger partial charge is 0.381 e. The van der Waals surface area contributed by atoms with Crippen molar-refractivity contribution in [2.45, 2.75) is 46.0 Å². The van der Waals surface area contributed by atoms with E-state index in [1.54, 1.807) is 18.6 Å². The van der Waals surface area contributed by atoms with Crippen LogP contribution in [0.2, 0.25) is 0 Å². The molecule has 182 valence electrons. The average molecular weight is 472 g/mol. The highest BCUT2D eigenvalue weighted by Gasteiger charge is 2.27. The van der Waals surface area contributed by atoms with E-state index in [0.717, 1.165) is 35.3 Å². The minimum atomic E-state index is -0.0613. The van der Waals surface area contributed by atoms with Crippen molar-refractivity contribution >= 4 is 17.4 Å². The first kappa shape index (κ1) is 24.7. The normalized spacial score (nSPS) is 14.9. The lowest BCUT2D eigenvalue weighted by molar-refractivity contribution is -0.125. The maximum Gasteiger partial charge on any atom is 0.230 e. The smallest absolute Gasteiger partial charge is 0.230 e. The molecule has 0 N–H and O–H groups in total. The zero-order chi connectivity index (χ0) is 24.8. The van der Waals surface area contributed by atoms with Crippen LogP contribution in [0.1, 0.15) is 60.6 Å². The van der Waals surface area contributed by atoms with Crippen LogP contribution in [0.3, 0.4) is 0 Å². The lowest BCUT2D eigenvalue weighted by Crippen LogP contribution is -2.38. The third-order valence-corrected chi connectivity index (χ3v) is 6.67. The van der Waals surface area contributed by atoms with Crippen molar-refractivity contribution in [3.8, 4) is 11.1 Å². The molecule has 4 rings (SSSR count). The fourth-order valence-corrected chi connectivity index (χ4v) is 4.54. The second-order valence-corrected chi connectivity index (χ2v) is 9.26. The molecule has 1 aliphatic rings. The standard InChI is InChI=1S/C29H33N3O3/c1-4-32(29(34)23-9-13-35-14-10-23)26-17-24(22-7-5-20(2)6-8-22)16-25(18-26)28(33)15-21(3)27-19-30-11-12-31-27/h5-8,11-12,16-19,21,23H,4,9-10,13-15H2,1-3H3. The van der Waals surface area contributed by atoms with Crippen LogP contribution in [-0.4, -0.2) is 41.4 Å². The van der Waals surface area contributed by atoms with Gasteiger partial charge in [0, 0.05) is 67.9 Å². The van der Waals surface area contributed by atoms with Crippen molar-refractivity contribution < 1.29 is 14.3 Å². The van der Waals surface area contributed by atoms with E-state index in [4.69, 9.17) is 4.74 Å². The number of hydrogen-bond acceptors (Lipinski definition) is 5. The predicted molar refractivity (Wildman–Crippen MR) is 138 cm³/mol. The van der Waals surface area contributed by atoms with Crippen molar-refractivity contribution in [2.75, 3.05) is 24.7 Å². The van der Waals surface area contributed by atoms with Crippen LogP contribution in [0, 0.1) is 12.8 Å². The molecular weight excluding hydrogens is 438 g/mol. The highest BCUT2D eigenvalue weighted by atomic mass is 16.5. The molecule has 0 aliphatic carbocycles. The molecule has 2 aromatic carbocycles. The fourth-order valence-electron chi connectivity index (χ4n) is 4.54. The molecule has 0 bridgehead atoms. The first-order chi connectivity index (χ1) is 17.0. The van der Waals surface area contributed by atoms with Gasteiger partial charge in [0.15, 0.2) is 5.78 Å². The molecule has 2 heterocycles. The highest BCUT2D eigenvalue weighted by molar-refractivity contribution is 6.01. The minimum absolute atomic E-state index is 0.0212. The SMILES string of the molecule is CCN(C(=O)C1CCOCC1)c1cc(C(=O)CC(C)c2cnccn2)cc(-c2ccc(C)cc2)c1. The summed E-state index contributed by atoms with van der Waals surface area (Å²) in [7, 11) is 0. The maximum absolute atomic E-state index is 13.4. The van der Waals surface area contributed by atoms with Crippen molar-refractivity contribution in [2.24, 2.45) is 5.92 Å². The number of ether oxygens (including phenoxy) is 1. The van der Waals surface area contributed by atoms with E-state index in [0.29, 0.717) is 31.7 Å². The van der Waals surface area contributed by atoms with Crippen LogP contribution in [0.15, 0.2) is 61.1 Å². The summed E-state index contributed by atoms with van der Waals surface area (Å²) >= 11 is 0. The number of aromatic nitrogens is 2. The lowest BCUT2D eigenvalue weighted by Gasteiger charge is -2.29. The number of carbonyl (C=O) groups excluding carboxylic acids is 2. The molecule has 1 saturated heterocycles. The molecule has 1 unspecified atom stereocenters. The number of nitrogens with zero attached hydrogens (tertiary/aromatic N) is 3. The van der Waals surface area contributed by atoms with Crippen molar-refractivity contribution in [1.82, 2.24) is 9.97 Å². The molecular formula is C29H33N3O3. The lowest BCUT2D eigenvalue weighted by atomic mass is 9.93. The van der Waals surface area contributed by atoms with Gasteiger partial charge in [-0.25, -0.2) is 0 Å². The minimum Gasteiger partial charge on any atom is -0.381 e. The van der Waals surface area contributed by atoms with Gasteiger partial charge in [0.2, 0.25) is 5.91 Å². The van der Waals surface area contributed by atoms with Gasteiger partial charge in [0.1, 0.15) is 0 Å². The number of ketones is 1. The van der Waals surface area contributed by atoms with Crippen LogP contribution >= 0.6 is 0 Å². The van der Waals surface area contributed by atoms with E-state index in [9.17, 15) is 9.59 Å². The molecule has 0 spiro atoms. The van der Waals surface area contributed by atoms with Gasteiger partial charge in [0.05, 0.1) is 5.69 Å². The number of Topliss-reactive ketones (excluding diaryl/α,β-unsaturated/α-hetero) is 1. The molecule has 0 radical (unpaired) electrons. The molecule has 6 heteroatoms. The van der Waals surface area contributed by atoms with E-state index in [1.165, 1.54) is 5.56 Å². The zero-order valence-corrected chi connectivity index (χ0v) is 20.7. The average Bonchev–Trinajstić information content (AvgIpc) is 2.90. The van der Waals surface area contributed by atoms with Crippen LogP contribution in [0.4, 0.5) is 5.69 Å². The summed E-state index contributed by atoms with van der Waals surface area (Å²) in [6.45, 7) is 7.78. The molecule has 1 fully saturated rings. The Hall–Kier alpha value is -3.38. The maximum atomic E-state index is 13.4. The molecule has 1 aliphatic heterocycles. The molecule has 0 saturated carbocycles. The second-order valence-electron chi connectivity index (χ2n) is 9.26. The molecule has 1 atom stereocenters. The molecule has 3 aromatic rings. The third-order valence-electron chi connectivity index (χ3n) is 6.67. The molecule has 35 heavy (non-hydrogen) atoms. The van der Waals surface area contributed by atoms with E-state index in [1.807, 2.05) is 43.9 Å².